The third-order valence-corrected chi connectivity index (χ3v) is 3.73. The number of hydrogen-bond donors (Lipinski definition) is 1. The predicted octanol–water partition coefficient (Wildman–Crippen LogP) is 3.16. The Morgan fingerprint density at radius 1 is 1.32 bits per heavy atom. The number of hydrogen-bond acceptors (Lipinski definition) is 5. The zero-order chi connectivity index (χ0) is 13.7. The molecule has 0 amide bonds. The molecule has 0 bridgehead atoms. The summed E-state index contributed by atoms with van der Waals surface area (Å²) >= 11 is 0. The van der Waals surface area contributed by atoms with Gasteiger partial charge in [0.15, 0.2) is 0 Å². The Labute approximate surface area is 112 Å². The van der Waals surface area contributed by atoms with Gasteiger partial charge in [-0.05, 0) is 31.6 Å². The molecular weight excluding hydrogens is 244 g/mol. The molecule has 0 unspecified atom stereocenters. The van der Waals surface area contributed by atoms with Crippen LogP contribution in [0.1, 0.15) is 45.4 Å². The van der Waals surface area contributed by atoms with Crippen molar-refractivity contribution in [1.29, 1.82) is 0 Å². The van der Waals surface area contributed by atoms with Gasteiger partial charge in [0.2, 0.25) is 5.95 Å². The molecule has 1 fully saturated rings. The van der Waals surface area contributed by atoms with Crippen LogP contribution in [0.3, 0.4) is 0 Å². The standard InChI is InChI=1S/C13H20N4O2/c1-2-3-10-4-6-11(7-5-10)16-13-14-8-12(9-15-13)17(18)19/h8-11H,2-7H2,1H3,(H,14,15,16). The van der Waals surface area contributed by atoms with Crippen molar-refractivity contribution in [3.63, 3.8) is 0 Å². The van der Waals surface area contributed by atoms with Crippen molar-refractivity contribution in [2.24, 2.45) is 5.92 Å². The Balaban J connectivity index is 1.83. The first-order chi connectivity index (χ1) is 9.19. The summed E-state index contributed by atoms with van der Waals surface area (Å²) in [5.41, 5.74) is -0.0720. The third kappa shape index (κ3) is 3.87. The summed E-state index contributed by atoms with van der Waals surface area (Å²) in [6.45, 7) is 2.23. The first-order valence-corrected chi connectivity index (χ1v) is 6.92. The van der Waals surface area contributed by atoms with Gasteiger partial charge >= 0.3 is 5.69 Å². The van der Waals surface area contributed by atoms with Crippen molar-refractivity contribution in [3.05, 3.63) is 22.5 Å². The molecule has 0 aromatic carbocycles. The largest absolute Gasteiger partial charge is 0.351 e. The van der Waals surface area contributed by atoms with E-state index in [1.807, 2.05) is 0 Å². The fourth-order valence-corrected chi connectivity index (χ4v) is 2.68. The first kappa shape index (κ1) is 13.7. The second-order valence-corrected chi connectivity index (χ2v) is 5.17. The van der Waals surface area contributed by atoms with E-state index in [4.69, 9.17) is 0 Å². The van der Waals surface area contributed by atoms with Crippen LogP contribution in [0.5, 0.6) is 0 Å². The van der Waals surface area contributed by atoms with Crippen molar-refractivity contribution >= 4 is 11.6 Å². The zero-order valence-corrected chi connectivity index (χ0v) is 11.2. The van der Waals surface area contributed by atoms with Crippen molar-refractivity contribution in [2.75, 3.05) is 5.32 Å². The van der Waals surface area contributed by atoms with Crippen LogP contribution >= 0.6 is 0 Å². The lowest BCUT2D eigenvalue weighted by Crippen LogP contribution is -2.26. The van der Waals surface area contributed by atoms with Crippen LogP contribution in [0.15, 0.2) is 12.4 Å². The van der Waals surface area contributed by atoms with Crippen LogP contribution in [0.25, 0.3) is 0 Å². The molecule has 1 aliphatic carbocycles. The number of aromatic nitrogens is 2. The maximum Gasteiger partial charge on any atom is 0.305 e. The minimum absolute atomic E-state index is 0.0720. The summed E-state index contributed by atoms with van der Waals surface area (Å²) in [5, 5.41) is 13.8. The summed E-state index contributed by atoms with van der Waals surface area (Å²) in [6, 6.07) is 0.398. The van der Waals surface area contributed by atoms with Crippen LogP contribution in [-0.4, -0.2) is 20.9 Å². The van der Waals surface area contributed by atoms with Crippen LogP contribution in [0.2, 0.25) is 0 Å². The van der Waals surface area contributed by atoms with Gasteiger partial charge < -0.3 is 5.32 Å². The van der Waals surface area contributed by atoms with Crippen LogP contribution in [-0.2, 0) is 0 Å². The number of rotatable bonds is 5. The summed E-state index contributed by atoms with van der Waals surface area (Å²) in [7, 11) is 0. The molecule has 1 saturated carbocycles. The Morgan fingerprint density at radius 3 is 2.47 bits per heavy atom. The molecular formula is C13H20N4O2. The lowest BCUT2D eigenvalue weighted by atomic mass is 9.83. The van der Waals surface area contributed by atoms with Gasteiger partial charge in [-0.25, -0.2) is 9.97 Å². The maximum absolute atomic E-state index is 10.5. The van der Waals surface area contributed by atoms with E-state index in [-0.39, 0.29) is 5.69 Å². The number of nitro groups is 1. The fourth-order valence-electron chi connectivity index (χ4n) is 2.68. The van der Waals surface area contributed by atoms with Crippen LogP contribution in [0, 0.1) is 16.0 Å². The highest BCUT2D eigenvalue weighted by Crippen LogP contribution is 2.28. The Bertz CT molecular complexity index is 413. The van der Waals surface area contributed by atoms with Gasteiger partial charge in [-0.1, -0.05) is 19.8 Å². The molecule has 0 aliphatic heterocycles. The molecule has 19 heavy (non-hydrogen) atoms. The zero-order valence-electron chi connectivity index (χ0n) is 11.2. The third-order valence-electron chi connectivity index (χ3n) is 3.73. The highest BCUT2D eigenvalue weighted by Gasteiger charge is 2.21. The molecule has 0 atom stereocenters. The van der Waals surface area contributed by atoms with Crippen molar-refractivity contribution < 1.29 is 4.92 Å². The summed E-state index contributed by atoms with van der Waals surface area (Å²) in [4.78, 5) is 18.0. The van der Waals surface area contributed by atoms with Crippen LogP contribution < -0.4 is 5.32 Å². The normalized spacial score (nSPS) is 23.0. The smallest absolute Gasteiger partial charge is 0.305 e. The molecule has 6 nitrogen and oxygen atoms in total. The van der Waals surface area contributed by atoms with Gasteiger partial charge in [-0.15, -0.1) is 0 Å². The van der Waals surface area contributed by atoms with E-state index in [0.29, 0.717) is 12.0 Å². The average Bonchev–Trinajstić information content (AvgIpc) is 2.42. The lowest BCUT2D eigenvalue weighted by Gasteiger charge is -2.28. The molecule has 104 valence electrons. The van der Waals surface area contributed by atoms with Crippen molar-refractivity contribution in [3.8, 4) is 0 Å². The van der Waals surface area contributed by atoms with E-state index in [0.717, 1.165) is 18.8 Å². The SMILES string of the molecule is CCCC1CCC(Nc2ncc([N+](=O)[O-])cn2)CC1. The predicted molar refractivity (Wildman–Crippen MR) is 73.0 cm³/mol. The minimum atomic E-state index is -0.486. The molecule has 1 aromatic rings. The van der Waals surface area contributed by atoms with E-state index in [9.17, 15) is 10.1 Å². The summed E-state index contributed by atoms with van der Waals surface area (Å²) < 4.78 is 0. The van der Waals surface area contributed by atoms with Gasteiger partial charge in [0.25, 0.3) is 0 Å². The molecule has 1 N–H and O–H groups in total. The first-order valence-electron chi connectivity index (χ1n) is 6.92. The number of nitrogens with zero attached hydrogens (tertiary/aromatic N) is 3. The summed E-state index contributed by atoms with van der Waals surface area (Å²) in [5.74, 6) is 1.35. The number of anilines is 1. The monoisotopic (exact) mass is 264 g/mol. The second-order valence-electron chi connectivity index (χ2n) is 5.17. The lowest BCUT2D eigenvalue weighted by molar-refractivity contribution is -0.385. The molecule has 0 radical (unpaired) electrons. The molecule has 6 heteroatoms. The second kappa shape index (κ2) is 6.45. The van der Waals surface area contributed by atoms with Gasteiger partial charge in [0.05, 0.1) is 4.92 Å². The Kier molecular flexibility index (Phi) is 4.65. The molecule has 2 rings (SSSR count). The highest BCUT2D eigenvalue weighted by atomic mass is 16.6. The van der Waals surface area contributed by atoms with Crippen molar-refractivity contribution in [2.45, 2.75) is 51.5 Å². The molecule has 1 aromatic heterocycles. The maximum atomic E-state index is 10.5. The summed E-state index contributed by atoms with van der Waals surface area (Å²) in [6.07, 6.45) is 9.83. The van der Waals surface area contributed by atoms with E-state index in [1.165, 1.54) is 38.1 Å². The van der Waals surface area contributed by atoms with E-state index >= 15 is 0 Å². The molecule has 1 heterocycles. The van der Waals surface area contributed by atoms with Gasteiger partial charge in [-0.3, -0.25) is 10.1 Å². The van der Waals surface area contributed by atoms with Gasteiger partial charge in [0, 0.05) is 6.04 Å². The molecule has 1 aliphatic rings. The van der Waals surface area contributed by atoms with Gasteiger partial charge in [-0.2, -0.15) is 0 Å². The molecule has 0 spiro atoms. The quantitative estimate of drug-likeness (QED) is 0.652. The number of nitrogens with one attached hydrogen (secondary N) is 1. The molecule has 0 saturated heterocycles. The average molecular weight is 264 g/mol. The topological polar surface area (TPSA) is 81.0 Å². The highest BCUT2D eigenvalue weighted by molar-refractivity contribution is 5.31. The van der Waals surface area contributed by atoms with Crippen LogP contribution in [0.4, 0.5) is 11.6 Å². The van der Waals surface area contributed by atoms with E-state index in [2.05, 4.69) is 22.2 Å². The Hall–Kier alpha value is -1.72. The van der Waals surface area contributed by atoms with Gasteiger partial charge in [0.1, 0.15) is 12.4 Å². The van der Waals surface area contributed by atoms with Crippen molar-refractivity contribution in [1.82, 2.24) is 9.97 Å². The Morgan fingerprint density at radius 2 is 1.95 bits per heavy atom. The van der Waals surface area contributed by atoms with E-state index < -0.39 is 4.92 Å². The van der Waals surface area contributed by atoms with E-state index in [1.54, 1.807) is 0 Å². The minimum Gasteiger partial charge on any atom is -0.351 e. The fraction of sp³-hybridized carbons (Fsp3) is 0.692.